The molecule has 2 heterocycles. The minimum Gasteiger partial charge on any atom is -0.491 e. The van der Waals surface area contributed by atoms with Crippen molar-refractivity contribution in [2.24, 2.45) is 11.5 Å². The van der Waals surface area contributed by atoms with Gasteiger partial charge in [0.1, 0.15) is 17.8 Å². The number of rotatable bonds is 10. The van der Waals surface area contributed by atoms with E-state index in [1.165, 1.54) is 6.20 Å². The summed E-state index contributed by atoms with van der Waals surface area (Å²) in [6.45, 7) is 7.19. The number of benzene rings is 3. The second kappa shape index (κ2) is 16.9. The molecule has 0 saturated heterocycles. The normalized spacial score (nSPS) is 15.0. The van der Waals surface area contributed by atoms with E-state index in [4.69, 9.17) is 16.2 Å². The molecule has 14 nitrogen and oxygen atoms in total. The molecular formula is C39H44N8O6. The Morgan fingerprint density at radius 3 is 2.42 bits per heavy atom. The lowest BCUT2D eigenvalue weighted by molar-refractivity contribution is -0.128. The lowest BCUT2D eigenvalue weighted by Crippen LogP contribution is -2.49. The van der Waals surface area contributed by atoms with E-state index >= 15 is 0 Å². The predicted octanol–water partition coefficient (Wildman–Crippen LogP) is 2.49. The number of ether oxygens (including phenoxy) is 1. The van der Waals surface area contributed by atoms with Crippen LogP contribution in [0.4, 0.5) is 5.69 Å². The zero-order valence-electron chi connectivity index (χ0n) is 30.1. The number of primary amides is 1. The van der Waals surface area contributed by atoms with Crippen LogP contribution in [0.1, 0.15) is 53.0 Å². The number of nitrogens with zero attached hydrogens (tertiary/aromatic N) is 2. The third kappa shape index (κ3) is 9.80. The average Bonchev–Trinajstić information content (AvgIpc) is 3.11. The molecule has 5 rings (SSSR count). The molecule has 0 spiro atoms. The molecule has 0 aliphatic carbocycles. The number of hydrogen-bond acceptors (Lipinski definition) is 9. The van der Waals surface area contributed by atoms with Crippen molar-refractivity contribution in [2.45, 2.75) is 65.1 Å². The van der Waals surface area contributed by atoms with Gasteiger partial charge in [-0.1, -0.05) is 30.3 Å². The van der Waals surface area contributed by atoms with Gasteiger partial charge in [0.25, 0.3) is 5.91 Å². The molecule has 0 fully saturated rings. The third-order valence-electron chi connectivity index (χ3n) is 8.60. The summed E-state index contributed by atoms with van der Waals surface area (Å²) in [5, 5.41) is 11.0. The molecule has 0 radical (unpaired) electrons. The topological polar surface area (TPSA) is 221 Å². The van der Waals surface area contributed by atoms with Gasteiger partial charge in [0.05, 0.1) is 36.0 Å². The molecular weight excluding hydrogens is 676 g/mol. The first-order valence-electron chi connectivity index (χ1n) is 17.3. The highest BCUT2D eigenvalue weighted by Crippen LogP contribution is 2.34. The first kappa shape index (κ1) is 38.1. The Hall–Kier alpha value is -6.15. The molecule has 4 aromatic rings. The van der Waals surface area contributed by atoms with E-state index in [2.05, 4.69) is 31.2 Å². The Bertz CT molecular complexity index is 2030. The maximum Gasteiger partial charge on any atom is 0.255 e. The van der Waals surface area contributed by atoms with Crippen molar-refractivity contribution >= 4 is 35.2 Å². The van der Waals surface area contributed by atoms with Crippen LogP contribution in [-0.4, -0.2) is 70.8 Å². The minimum absolute atomic E-state index is 0.00497. The van der Waals surface area contributed by atoms with Gasteiger partial charge in [-0.05, 0) is 93.2 Å². The number of aromatic nitrogens is 2. The number of nitrogens with two attached hydrogens (primary N) is 2. The van der Waals surface area contributed by atoms with Crippen LogP contribution in [0.15, 0.2) is 66.9 Å². The van der Waals surface area contributed by atoms with Crippen LogP contribution in [0.2, 0.25) is 0 Å². The monoisotopic (exact) mass is 720 g/mol. The summed E-state index contributed by atoms with van der Waals surface area (Å²) < 4.78 is 5.71. The third-order valence-corrected chi connectivity index (χ3v) is 8.60. The Morgan fingerprint density at radius 1 is 0.981 bits per heavy atom. The second-order valence-corrected chi connectivity index (χ2v) is 13.2. The van der Waals surface area contributed by atoms with E-state index < -0.39 is 35.7 Å². The molecule has 5 amide bonds. The lowest BCUT2D eigenvalue weighted by Gasteiger charge is -2.23. The molecule has 1 aliphatic rings. The van der Waals surface area contributed by atoms with E-state index in [1.807, 2.05) is 50.2 Å². The van der Waals surface area contributed by atoms with Crippen LogP contribution in [0.25, 0.3) is 22.5 Å². The van der Waals surface area contributed by atoms with Crippen LogP contribution in [-0.2, 0) is 32.0 Å². The van der Waals surface area contributed by atoms with Gasteiger partial charge in [0.2, 0.25) is 23.6 Å². The molecule has 3 aromatic carbocycles. The fourth-order valence-corrected chi connectivity index (χ4v) is 6.02. The first-order chi connectivity index (χ1) is 25.3. The highest BCUT2D eigenvalue weighted by atomic mass is 16.5. The number of carbonyl (C=O) groups is 5. The Kier molecular flexibility index (Phi) is 12.2. The van der Waals surface area contributed by atoms with Crippen LogP contribution < -0.4 is 37.5 Å². The standard InChI is InChI=1S/C39H44N8O6/c1-21(2)53-28-10-8-26(9-11-28)37-43-19-30(23(4)44-37)38(51)46-31(12-13-40)39(52)47-35-22(3)14-25-16-29(35)27-7-5-6-24(15-27)18-33(48)42-20-34(49)45-32(17-25)36(41)50/h5-11,14-16,19,21,31-32H,12-13,17-18,20,40H2,1-4H3,(H2,41,50)(H,42,48)(H,45,49)(H,46,51)(H,47,52)/t31-,32?/m0/s1. The number of fused-ring (bicyclic) bond motifs is 5. The number of nitrogens with one attached hydrogen (secondary N) is 4. The van der Waals surface area contributed by atoms with E-state index in [0.717, 1.165) is 11.3 Å². The molecule has 53 heavy (non-hydrogen) atoms. The van der Waals surface area contributed by atoms with Gasteiger partial charge in [-0.25, -0.2) is 9.97 Å². The fourth-order valence-electron chi connectivity index (χ4n) is 6.02. The van der Waals surface area contributed by atoms with Crippen molar-refractivity contribution in [3.8, 4) is 28.3 Å². The summed E-state index contributed by atoms with van der Waals surface area (Å²) in [5.74, 6) is -1.57. The van der Waals surface area contributed by atoms with Crippen LogP contribution >= 0.6 is 0 Å². The Morgan fingerprint density at radius 2 is 1.74 bits per heavy atom. The van der Waals surface area contributed by atoms with E-state index in [0.29, 0.717) is 45.0 Å². The van der Waals surface area contributed by atoms with E-state index in [9.17, 15) is 24.0 Å². The van der Waals surface area contributed by atoms with Crippen molar-refractivity contribution in [1.82, 2.24) is 25.9 Å². The Balaban J connectivity index is 1.42. The fraction of sp³-hybridized carbons (Fsp3) is 0.308. The van der Waals surface area contributed by atoms with Crippen molar-refractivity contribution < 1.29 is 28.7 Å². The zero-order valence-corrected chi connectivity index (χ0v) is 30.1. The highest BCUT2D eigenvalue weighted by molar-refractivity contribution is 6.04. The smallest absolute Gasteiger partial charge is 0.255 e. The molecule has 8 N–H and O–H groups in total. The molecule has 1 aromatic heterocycles. The van der Waals surface area contributed by atoms with Gasteiger partial charge in [-0.2, -0.15) is 0 Å². The quantitative estimate of drug-likeness (QED) is 0.142. The van der Waals surface area contributed by atoms with Crippen molar-refractivity contribution in [1.29, 1.82) is 0 Å². The van der Waals surface area contributed by atoms with Gasteiger partial charge >= 0.3 is 0 Å². The predicted molar refractivity (Wildman–Crippen MR) is 200 cm³/mol. The largest absolute Gasteiger partial charge is 0.491 e. The van der Waals surface area contributed by atoms with Crippen molar-refractivity contribution in [3.05, 3.63) is 94.8 Å². The molecule has 4 bridgehead atoms. The van der Waals surface area contributed by atoms with Crippen LogP contribution in [0.3, 0.4) is 0 Å². The van der Waals surface area contributed by atoms with Crippen molar-refractivity contribution in [2.75, 3.05) is 18.4 Å². The Labute approximate surface area is 307 Å². The molecule has 14 heteroatoms. The molecule has 1 unspecified atom stereocenters. The SMILES string of the molecule is Cc1cc2cc(c1NC(=O)[C@H](CCN)NC(=O)c1cnc(-c3ccc(OC(C)C)cc3)nc1C)-c1cccc(c1)CC(=O)NCC(=O)NC(C(N)=O)C2. The minimum atomic E-state index is -1.04. The van der Waals surface area contributed by atoms with Crippen LogP contribution in [0, 0.1) is 13.8 Å². The summed E-state index contributed by atoms with van der Waals surface area (Å²) in [7, 11) is 0. The van der Waals surface area contributed by atoms with Gasteiger partial charge in [0.15, 0.2) is 5.82 Å². The van der Waals surface area contributed by atoms with Crippen LogP contribution in [0.5, 0.6) is 5.75 Å². The molecule has 1 aliphatic heterocycles. The van der Waals surface area contributed by atoms with Gasteiger partial charge in [-0.3, -0.25) is 24.0 Å². The highest BCUT2D eigenvalue weighted by Gasteiger charge is 2.26. The number of anilines is 1. The van der Waals surface area contributed by atoms with Crippen molar-refractivity contribution in [3.63, 3.8) is 0 Å². The van der Waals surface area contributed by atoms with Gasteiger partial charge in [-0.15, -0.1) is 0 Å². The number of amides is 5. The number of hydrogen-bond donors (Lipinski definition) is 6. The summed E-state index contributed by atoms with van der Waals surface area (Å²) >= 11 is 0. The number of carbonyl (C=O) groups excluding carboxylic acids is 5. The van der Waals surface area contributed by atoms with E-state index in [1.54, 1.807) is 38.1 Å². The molecule has 0 saturated carbocycles. The second-order valence-electron chi connectivity index (χ2n) is 13.2. The molecule has 276 valence electrons. The zero-order chi connectivity index (χ0) is 38.2. The average molecular weight is 721 g/mol. The summed E-state index contributed by atoms with van der Waals surface area (Å²) in [4.78, 5) is 73.9. The summed E-state index contributed by atoms with van der Waals surface area (Å²) in [6, 6.07) is 16.1. The first-order valence-corrected chi connectivity index (χ1v) is 17.3. The summed E-state index contributed by atoms with van der Waals surface area (Å²) in [6.07, 6.45) is 1.67. The maximum absolute atomic E-state index is 13.9. The van der Waals surface area contributed by atoms with E-state index in [-0.39, 0.29) is 49.9 Å². The van der Waals surface area contributed by atoms with Gasteiger partial charge < -0.3 is 37.5 Å². The number of aryl methyl sites for hydroxylation is 2. The summed E-state index contributed by atoms with van der Waals surface area (Å²) in [5.41, 5.74) is 16.7. The molecule has 2 atom stereocenters. The lowest BCUT2D eigenvalue weighted by atomic mass is 9.93. The van der Waals surface area contributed by atoms with Gasteiger partial charge in [0, 0.05) is 23.7 Å². The maximum atomic E-state index is 13.9.